The lowest BCUT2D eigenvalue weighted by molar-refractivity contribution is -0.137. The van der Waals surface area contributed by atoms with Crippen LogP contribution in [-0.4, -0.2) is 41.4 Å². The van der Waals surface area contributed by atoms with Crippen molar-refractivity contribution in [2.24, 2.45) is 0 Å². The first-order valence-electron chi connectivity index (χ1n) is 12.0. The first-order chi connectivity index (χ1) is 16.9. The van der Waals surface area contributed by atoms with Crippen LogP contribution in [0.25, 0.3) is 10.9 Å². The molecule has 1 aromatic heterocycles. The quantitative estimate of drug-likeness (QED) is 0.458. The van der Waals surface area contributed by atoms with Crippen molar-refractivity contribution in [3.05, 3.63) is 47.3 Å². The SMILES string of the molecule is Cc1nc(N[C@H](C)c2cc(N)cc(C(F)(F)F)c2)c2cc3c(cc2n1)OC(C)(C)CN3C1CCOC1. The molecule has 0 spiro atoms. The molecule has 5 rings (SSSR count). The van der Waals surface area contributed by atoms with Crippen molar-refractivity contribution >= 4 is 28.1 Å². The highest BCUT2D eigenvalue weighted by Crippen LogP contribution is 2.43. The number of ether oxygens (including phenoxy) is 2. The summed E-state index contributed by atoms with van der Waals surface area (Å²) in [6.45, 7) is 9.76. The van der Waals surface area contributed by atoms with E-state index in [0.717, 1.165) is 42.0 Å². The average molecular weight is 502 g/mol. The molecule has 1 fully saturated rings. The predicted octanol–water partition coefficient (Wildman–Crippen LogP) is 5.48. The highest BCUT2D eigenvalue weighted by Gasteiger charge is 2.37. The van der Waals surface area contributed by atoms with Crippen molar-refractivity contribution in [3.8, 4) is 5.75 Å². The smallest absolute Gasteiger partial charge is 0.416 e. The number of nitrogens with two attached hydrogens (primary N) is 1. The van der Waals surface area contributed by atoms with Gasteiger partial charge in [-0.05, 0) is 63.9 Å². The number of hydrogen-bond acceptors (Lipinski definition) is 7. The molecule has 2 aliphatic rings. The number of fused-ring (bicyclic) bond motifs is 2. The van der Waals surface area contributed by atoms with Gasteiger partial charge in [0, 0.05) is 23.7 Å². The summed E-state index contributed by atoms with van der Waals surface area (Å²) >= 11 is 0. The van der Waals surface area contributed by atoms with Crippen LogP contribution in [0.2, 0.25) is 0 Å². The molecule has 2 atom stereocenters. The largest absolute Gasteiger partial charge is 0.484 e. The molecule has 1 unspecified atom stereocenters. The molecule has 0 radical (unpaired) electrons. The van der Waals surface area contributed by atoms with Crippen molar-refractivity contribution in [2.45, 2.75) is 58.0 Å². The number of benzene rings is 2. The molecule has 3 aromatic rings. The number of nitrogens with one attached hydrogen (secondary N) is 1. The molecule has 0 bridgehead atoms. The van der Waals surface area contributed by atoms with Gasteiger partial charge in [0.05, 0.1) is 42.0 Å². The minimum Gasteiger partial charge on any atom is -0.484 e. The normalized spacial score (nSPS) is 20.2. The van der Waals surface area contributed by atoms with Gasteiger partial charge in [0.1, 0.15) is 23.0 Å². The molecule has 0 amide bonds. The second kappa shape index (κ2) is 8.69. The molecule has 2 aromatic carbocycles. The summed E-state index contributed by atoms with van der Waals surface area (Å²) < 4.78 is 52.0. The van der Waals surface area contributed by atoms with Crippen molar-refractivity contribution < 1.29 is 22.6 Å². The minimum absolute atomic E-state index is 0.0560. The molecule has 0 saturated carbocycles. The van der Waals surface area contributed by atoms with Crippen LogP contribution < -0.4 is 20.7 Å². The Balaban J connectivity index is 1.56. The van der Waals surface area contributed by atoms with Crippen molar-refractivity contribution in [3.63, 3.8) is 0 Å². The number of nitrogens with zero attached hydrogens (tertiary/aromatic N) is 3. The predicted molar refractivity (Wildman–Crippen MR) is 133 cm³/mol. The maximum atomic E-state index is 13.4. The van der Waals surface area contributed by atoms with Crippen molar-refractivity contribution in [2.75, 3.05) is 35.7 Å². The number of nitrogen functional groups attached to an aromatic ring is 1. The Morgan fingerprint density at radius 3 is 2.64 bits per heavy atom. The average Bonchev–Trinajstić information content (AvgIpc) is 3.30. The zero-order valence-electron chi connectivity index (χ0n) is 20.7. The first-order valence-corrected chi connectivity index (χ1v) is 12.0. The fourth-order valence-corrected chi connectivity index (χ4v) is 4.98. The summed E-state index contributed by atoms with van der Waals surface area (Å²) in [5.74, 6) is 1.82. The lowest BCUT2D eigenvalue weighted by Gasteiger charge is -2.43. The monoisotopic (exact) mass is 501 g/mol. The summed E-state index contributed by atoms with van der Waals surface area (Å²) in [7, 11) is 0. The van der Waals surface area contributed by atoms with Crippen LogP contribution in [0.3, 0.4) is 0 Å². The number of halogens is 3. The number of rotatable bonds is 4. The molecule has 10 heteroatoms. The molecule has 1 saturated heterocycles. The van der Waals surface area contributed by atoms with Gasteiger partial charge in [-0.15, -0.1) is 0 Å². The summed E-state index contributed by atoms with van der Waals surface area (Å²) in [6, 6.07) is 7.27. The summed E-state index contributed by atoms with van der Waals surface area (Å²) in [6.07, 6.45) is -3.56. The molecular weight excluding hydrogens is 471 g/mol. The van der Waals surface area contributed by atoms with E-state index in [1.54, 1.807) is 19.9 Å². The summed E-state index contributed by atoms with van der Waals surface area (Å²) in [5, 5.41) is 4.06. The molecular formula is C26H30F3N5O2. The lowest BCUT2D eigenvalue weighted by Crippen LogP contribution is -2.51. The summed E-state index contributed by atoms with van der Waals surface area (Å²) in [5.41, 5.74) is 6.73. The number of hydrogen-bond donors (Lipinski definition) is 2. The van der Waals surface area contributed by atoms with E-state index in [0.29, 0.717) is 35.9 Å². The molecule has 2 aliphatic heterocycles. The van der Waals surface area contributed by atoms with E-state index in [9.17, 15) is 13.2 Å². The Morgan fingerprint density at radius 2 is 1.94 bits per heavy atom. The van der Waals surface area contributed by atoms with E-state index in [2.05, 4.69) is 34.0 Å². The first kappa shape index (κ1) is 24.4. The van der Waals surface area contributed by atoms with E-state index in [4.69, 9.17) is 15.2 Å². The third-order valence-corrected chi connectivity index (χ3v) is 6.64. The van der Waals surface area contributed by atoms with Crippen LogP contribution >= 0.6 is 0 Å². The van der Waals surface area contributed by atoms with Crippen LogP contribution in [0.1, 0.15) is 50.2 Å². The van der Waals surface area contributed by atoms with Gasteiger partial charge in [-0.25, -0.2) is 9.97 Å². The Kier molecular flexibility index (Phi) is 5.89. The van der Waals surface area contributed by atoms with Crippen LogP contribution in [0.5, 0.6) is 5.75 Å². The van der Waals surface area contributed by atoms with Crippen molar-refractivity contribution in [1.29, 1.82) is 0 Å². The number of anilines is 3. The highest BCUT2D eigenvalue weighted by atomic mass is 19.4. The topological polar surface area (TPSA) is 85.5 Å². The van der Waals surface area contributed by atoms with E-state index in [1.165, 1.54) is 0 Å². The second-order valence-corrected chi connectivity index (χ2v) is 10.2. The van der Waals surface area contributed by atoms with Gasteiger partial charge in [-0.1, -0.05) is 0 Å². The maximum Gasteiger partial charge on any atom is 0.416 e. The van der Waals surface area contributed by atoms with Gasteiger partial charge in [0.2, 0.25) is 0 Å². The highest BCUT2D eigenvalue weighted by molar-refractivity contribution is 5.94. The number of alkyl halides is 3. The van der Waals surface area contributed by atoms with Gasteiger partial charge < -0.3 is 25.4 Å². The third kappa shape index (κ3) is 4.74. The minimum atomic E-state index is -4.48. The number of aromatic nitrogens is 2. The van der Waals surface area contributed by atoms with Gasteiger partial charge in [-0.2, -0.15) is 13.2 Å². The van der Waals surface area contributed by atoms with E-state index < -0.39 is 17.8 Å². The molecule has 7 nitrogen and oxygen atoms in total. The Labute approximate surface area is 207 Å². The fourth-order valence-electron chi connectivity index (χ4n) is 4.98. The molecule has 0 aliphatic carbocycles. The lowest BCUT2D eigenvalue weighted by atomic mass is 10.0. The molecule has 36 heavy (non-hydrogen) atoms. The van der Waals surface area contributed by atoms with E-state index in [-0.39, 0.29) is 17.3 Å². The van der Waals surface area contributed by atoms with E-state index >= 15 is 0 Å². The summed E-state index contributed by atoms with van der Waals surface area (Å²) in [4.78, 5) is 11.5. The van der Waals surface area contributed by atoms with E-state index in [1.807, 2.05) is 12.1 Å². The van der Waals surface area contributed by atoms with Gasteiger partial charge >= 0.3 is 6.18 Å². The Morgan fingerprint density at radius 1 is 1.17 bits per heavy atom. The van der Waals surface area contributed by atoms with Crippen LogP contribution in [0, 0.1) is 6.92 Å². The molecule has 3 N–H and O–H groups in total. The standard InChI is InChI=1S/C26H30F3N5O2/c1-14(16-7-17(26(27,28)29)9-18(30)8-16)31-24-20-10-22-23(11-21(20)32-15(2)33-24)36-25(3,4)13-34(22)19-5-6-35-12-19/h7-11,14,19H,5-6,12-13,30H2,1-4H3,(H,31,32,33)/t14-,19?/m1/s1. The molecule has 192 valence electrons. The van der Waals surface area contributed by atoms with Crippen LogP contribution in [-0.2, 0) is 10.9 Å². The van der Waals surface area contributed by atoms with Crippen LogP contribution in [0.15, 0.2) is 30.3 Å². The fraction of sp³-hybridized carbons (Fsp3) is 0.462. The zero-order valence-corrected chi connectivity index (χ0v) is 20.7. The zero-order chi connectivity index (χ0) is 25.8. The third-order valence-electron chi connectivity index (χ3n) is 6.64. The van der Waals surface area contributed by atoms with Gasteiger partial charge in [0.15, 0.2) is 0 Å². The van der Waals surface area contributed by atoms with Crippen molar-refractivity contribution in [1.82, 2.24) is 9.97 Å². The Hall–Kier alpha value is -3.27. The molecule has 3 heterocycles. The second-order valence-electron chi connectivity index (χ2n) is 10.2. The van der Waals surface area contributed by atoms with Crippen LogP contribution in [0.4, 0.5) is 30.4 Å². The number of aryl methyl sites for hydroxylation is 1. The van der Waals surface area contributed by atoms with Gasteiger partial charge in [0.25, 0.3) is 0 Å². The Bertz CT molecular complexity index is 1300. The maximum absolute atomic E-state index is 13.4. The van der Waals surface area contributed by atoms with Gasteiger partial charge in [-0.3, -0.25) is 0 Å².